The van der Waals surface area contributed by atoms with Gasteiger partial charge in [0.1, 0.15) is 12.1 Å². The van der Waals surface area contributed by atoms with Gasteiger partial charge in [0.05, 0.1) is 19.8 Å². The van der Waals surface area contributed by atoms with E-state index in [-0.39, 0.29) is 13.0 Å². The van der Waals surface area contributed by atoms with Crippen LogP contribution in [-0.2, 0) is 32.7 Å². The highest BCUT2D eigenvalue weighted by Crippen LogP contribution is 2.43. The van der Waals surface area contributed by atoms with Crippen molar-refractivity contribution in [3.8, 4) is 0 Å². The maximum absolute atomic E-state index is 12.7. The number of allylic oxidation sites excluding steroid dienone is 14. The van der Waals surface area contributed by atoms with Crippen molar-refractivity contribution in [2.45, 2.75) is 206 Å². The van der Waals surface area contributed by atoms with Crippen LogP contribution in [0.5, 0.6) is 0 Å². The van der Waals surface area contributed by atoms with Crippen LogP contribution in [0.15, 0.2) is 85.1 Å². The largest absolute Gasteiger partial charge is 0.480 e. The van der Waals surface area contributed by atoms with Gasteiger partial charge in [0.2, 0.25) is 0 Å². The number of nitrogens with two attached hydrogens (primary N) is 1. The predicted molar refractivity (Wildman–Crippen MR) is 263 cm³/mol. The third-order valence-electron chi connectivity index (χ3n) is 10.2. The molecule has 0 aliphatic heterocycles. The van der Waals surface area contributed by atoms with Crippen molar-refractivity contribution in [2.24, 2.45) is 5.73 Å². The van der Waals surface area contributed by atoms with Gasteiger partial charge in [-0.2, -0.15) is 0 Å². The van der Waals surface area contributed by atoms with Crippen LogP contribution in [0.1, 0.15) is 194 Å². The van der Waals surface area contributed by atoms with Gasteiger partial charge >= 0.3 is 19.8 Å². The first kappa shape index (κ1) is 60.2. The molecule has 0 aromatic heterocycles. The van der Waals surface area contributed by atoms with Crippen molar-refractivity contribution >= 4 is 19.8 Å². The summed E-state index contributed by atoms with van der Waals surface area (Å²) in [6.07, 6.45) is 60.6. The molecule has 0 saturated carbocycles. The van der Waals surface area contributed by atoms with E-state index in [2.05, 4.69) is 98.9 Å². The van der Waals surface area contributed by atoms with E-state index < -0.39 is 45.1 Å². The lowest BCUT2D eigenvalue weighted by molar-refractivity contribution is -0.154. The summed E-state index contributed by atoms with van der Waals surface area (Å²) in [5.41, 5.74) is 5.37. The smallest absolute Gasteiger partial charge is 0.472 e. The summed E-state index contributed by atoms with van der Waals surface area (Å²) in [4.78, 5) is 33.7. The van der Waals surface area contributed by atoms with E-state index in [1.165, 1.54) is 64.2 Å². The maximum atomic E-state index is 12.7. The number of esters is 1. The first-order valence-electron chi connectivity index (χ1n) is 24.6. The van der Waals surface area contributed by atoms with Crippen LogP contribution >= 0.6 is 7.82 Å². The van der Waals surface area contributed by atoms with Crippen LogP contribution in [0, 0.1) is 0 Å². The van der Waals surface area contributed by atoms with Gasteiger partial charge < -0.3 is 25.2 Å². The lowest BCUT2D eigenvalue weighted by atomic mass is 10.1. The third-order valence-corrected chi connectivity index (χ3v) is 11.1. The SMILES string of the molecule is CC/C=C\C/C=C\C/C=C\C/C=C\CCCCCCCCCOCC(COP(=O)(O)OCC(N)C(=O)O)OC(=O)CCCCCCCC/C=C\C/C=C\C/C=C\CCCCCCC. The average molecular weight is 904 g/mol. The van der Waals surface area contributed by atoms with Crippen molar-refractivity contribution in [2.75, 3.05) is 26.4 Å². The molecule has 0 fully saturated rings. The number of rotatable bonds is 46. The zero-order valence-electron chi connectivity index (χ0n) is 39.6. The van der Waals surface area contributed by atoms with Crippen molar-refractivity contribution < 1.29 is 42.7 Å². The summed E-state index contributed by atoms with van der Waals surface area (Å²) in [6, 6.07) is -1.48. The quantitative estimate of drug-likeness (QED) is 0.0233. The molecule has 0 aromatic rings. The Morgan fingerprint density at radius 1 is 0.524 bits per heavy atom. The Kier molecular flexibility index (Phi) is 45.0. The first-order valence-corrected chi connectivity index (χ1v) is 26.1. The van der Waals surface area contributed by atoms with E-state index in [1.54, 1.807) is 0 Å². The second-order valence-electron chi connectivity index (χ2n) is 16.2. The van der Waals surface area contributed by atoms with Crippen LogP contribution in [0.3, 0.4) is 0 Å². The number of aliphatic carboxylic acids is 1. The summed E-state index contributed by atoms with van der Waals surface area (Å²) in [5.74, 6) is -1.80. The molecule has 3 unspecified atom stereocenters. The van der Waals surface area contributed by atoms with Crippen molar-refractivity contribution in [1.29, 1.82) is 0 Å². The molecule has 0 bridgehead atoms. The molecule has 3 atom stereocenters. The molecule has 0 spiro atoms. The molecule has 0 amide bonds. The van der Waals surface area contributed by atoms with E-state index >= 15 is 0 Å². The molecule has 0 heterocycles. The number of ether oxygens (including phenoxy) is 2. The fourth-order valence-electron chi connectivity index (χ4n) is 6.37. The molecule has 63 heavy (non-hydrogen) atoms. The van der Waals surface area contributed by atoms with Gasteiger partial charge in [0, 0.05) is 13.0 Å². The Morgan fingerprint density at radius 3 is 1.38 bits per heavy atom. The van der Waals surface area contributed by atoms with E-state index in [0.717, 1.165) is 103 Å². The Balaban J connectivity index is 4.24. The van der Waals surface area contributed by atoms with Gasteiger partial charge in [-0.3, -0.25) is 18.6 Å². The van der Waals surface area contributed by atoms with E-state index in [0.29, 0.717) is 13.0 Å². The maximum Gasteiger partial charge on any atom is 0.472 e. The van der Waals surface area contributed by atoms with Gasteiger partial charge in [0.25, 0.3) is 0 Å². The Bertz CT molecular complexity index is 1320. The van der Waals surface area contributed by atoms with Gasteiger partial charge in [-0.15, -0.1) is 0 Å². The number of unbranched alkanes of at least 4 members (excludes halogenated alkanes) is 18. The Hall–Kier alpha value is -2.85. The second kappa shape index (κ2) is 47.1. The van der Waals surface area contributed by atoms with Crippen LogP contribution in [0.2, 0.25) is 0 Å². The number of phosphoric acid groups is 1. The Labute approximate surface area is 384 Å². The van der Waals surface area contributed by atoms with E-state index in [4.69, 9.17) is 29.4 Å². The monoisotopic (exact) mass is 904 g/mol. The highest BCUT2D eigenvalue weighted by molar-refractivity contribution is 7.47. The predicted octanol–water partition coefficient (Wildman–Crippen LogP) is 14.3. The van der Waals surface area contributed by atoms with E-state index in [9.17, 15) is 19.0 Å². The first-order chi connectivity index (χ1) is 30.7. The molecule has 0 aromatic carbocycles. The minimum Gasteiger partial charge on any atom is -0.480 e. The molecule has 4 N–H and O–H groups in total. The molecule has 0 radical (unpaired) electrons. The number of carbonyl (C=O) groups is 2. The number of carboxylic acids is 1. The average Bonchev–Trinajstić information content (AvgIpc) is 3.26. The summed E-state index contributed by atoms with van der Waals surface area (Å²) < 4.78 is 33.5. The minimum atomic E-state index is -4.63. The standard InChI is InChI=1S/C52H90NO9P/c1-3-5-7-9-11-13-15-17-19-21-23-25-26-28-30-32-34-36-38-40-42-44-51(54)62-49(47-60-63(57,58)61-48-50(53)52(55)56)46-59-45-43-41-39-37-35-33-31-29-27-24-22-20-18-16-14-12-10-8-6-4-2/h6,8,12,14-15,17-18,20-21,23-24,26-28,49-50H,3-5,7,9-11,13,16,19,22,25,29-48,53H2,1-2H3,(H,55,56)(H,57,58)/b8-6-,14-12-,17-15-,20-18-,23-21-,27-24-,28-26-. The van der Waals surface area contributed by atoms with E-state index in [1.807, 2.05) is 0 Å². The molecule has 10 nitrogen and oxygen atoms in total. The van der Waals surface area contributed by atoms with Gasteiger partial charge in [-0.1, -0.05) is 182 Å². The second-order valence-corrected chi connectivity index (χ2v) is 17.7. The fourth-order valence-corrected chi connectivity index (χ4v) is 7.14. The molecular weight excluding hydrogens is 814 g/mol. The molecule has 362 valence electrons. The molecule has 11 heteroatoms. The van der Waals surface area contributed by atoms with Crippen LogP contribution in [0.25, 0.3) is 0 Å². The summed E-state index contributed by atoms with van der Waals surface area (Å²) in [6.45, 7) is 3.71. The molecule has 0 saturated heterocycles. The fraction of sp³-hybridized carbons (Fsp3) is 0.692. The van der Waals surface area contributed by atoms with Gasteiger partial charge in [-0.25, -0.2) is 4.57 Å². The van der Waals surface area contributed by atoms with Gasteiger partial charge in [0.15, 0.2) is 0 Å². The third kappa shape index (κ3) is 46.9. The number of hydrogen-bond acceptors (Lipinski definition) is 8. The zero-order valence-corrected chi connectivity index (χ0v) is 40.5. The number of carbonyl (C=O) groups excluding carboxylic acids is 1. The normalized spacial score (nSPS) is 14.5. The lowest BCUT2D eigenvalue weighted by Crippen LogP contribution is -2.34. The highest BCUT2D eigenvalue weighted by Gasteiger charge is 2.27. The summed E-state index contributed by atoms with van der Waals surface area (Å²) in [5, 5.41) is 8.92. The number of carboxylic acid groups (broad SMARTS) is 1. The van der Waals surface area contributed by atoms with Crippen LogP contribution in [-0.4, -0.2) is 60.5 Å². The minimum absolute atomic E-state index is 0.000928. The van der Waals surface area contributed by atoms with Crippen molar-refractivity contribution in [3.63, 3.8) is 0 Å². The van der Waals surface area contributed by atoms with Gasteiger partial charge in [-0.05, 0) is 89.9 Å². The molecule has 0 aliphatic carbocycles. The Morgan fingerprint density at radius 2 is 0.921 bits per heavy atom. The number of phosphoric ester groups is 1. The summed E-state index contributed by atoms with van der Waals surface area (Å²) in [7, 11) is -4.63. The zero-order chi connectivity index (χ0) is 46.2. The molecule has 0 rings (SSSR count). The van der Waals surface area contributed by atoms with Crippen LogP contribution in [0.4, 0.5) is 0 Å². The van der Waals surface area contributed by atoms with Crippen molar-refractivity contribution in [3.05, 3.63) is 85.1 Å². The van der Waals surface area contributed by atoms with Crippen molar-refractivity contribution in [1.82, 2.24) is 0 Å². The lowest BCUT2D eigenvalue weighted by Gasteiger charge is -2.20. The summed E-state index contributed by atoms with van der Waals surface area (Å²) >= 11 is 0. The highest BCUT2D eigenvalue weighted by atomic mass is 31.2. The molecule has 0 aliphatic rings. The van der Waals surface area contributed by atoms with Crippen LogP contribution < -0.4 is 5.73 Å². The topological polar surface area (TPSA) is 155 Å². The number of hydrogen-bond donors (Lipinski definition) is 3. The molecular formula is C52H90NO9P.